The molecule has 2 aromatic rings. The van der Waals surface area contributed by atoms with Crippen LogP contribution >= 0.6 is 0 Å². The molecule has 0 bridgehead atoms. The lowest BCUT2D eigenvalue weighted by Crippen LogP contribution is -2.41. The van der Waals surface area contributed by atoms with Gasteiger partial charge in [0.05, 0.1) is 18.6 Å². The predicted octanol–water partition coefficient (Wildman–Crippen LogP) is 1.88. The van der Waals surface area contributed by atoms with Gasteiger partial charge in [0.15, 0.2) is 0 Å². The van der Waals surface area contributed by atoms with Gasteiger partial charge in [-0.3, -0.25) is 4.79 Å². The fourth-order valence-corrected chi connectivity index (χ4v) is 3.22. The molecule has 0 unspecified atom stereocenters. The zero-order valence-corrected chi connectivity index (χ0v) is 15.0. The van der Waals surface area contributed by atoms with Crippen LogP contribution < -0.4 is 10.2 Å². The second kappa shape index (κ2) is 8.23. The quantitative estimate of drug-likeness (QED) is 0.854. The first-order valence-electron chi connectivity index (χ1n) is 8.65. The number of nitrogens with one attached hydrogen (secondary N) is 1. The molecule has 3 rings (SSSR count). The molecule has 0 aliphatic carbocycles. The number of aromatic nitrogens is 2. The molecule has 1 aliphatic rings. The number of carbonyl (C=O) groups is 1. The molecule has 138 valence electrons. The largest absolute Gasteiger partial charge is 0.380 e. The van der Waals surface area contributed by atoms with Gasteiger partial charge in [0, 0.05) is 32.0 Å². The van der Waals surface area contributed by atoms with Gasteiger partial charge in [0.1, 0.15) is 18.0 Å². The smallest absolute Gasteiger partial charge is 0.224 e. The molecule has 2 heterocycles. The lowest BCUT2D eigenvalue weighted by atomic mass is 10.1. The van der Waals surface area contributed by atoms with Crippen molar-refractivity contribution in [3.05, 3.63) is 53.7 Å². The zero-order valence-electron chi connectivity index (χ0n) is 15.0. The number of hydrogen-bond donors (Lipinski definition) is 1. The molecule has 1 fully saturated rings. The number of aryl methyl sites for hydroxylation is 1. The molecular weight excluding hydrogens is 335 g/mol. The summed E-state index contributed by atoms with van der Waals surface area (Å²) >= 11 is 0. The van der Waals surface area contributed by atoms with Gasteiger partial charge in [-0.05, 0) is 25.0 Å². The zero-order chi connectivity index (χ0) is 18.5. The Morgan fingerprint density at radius 1 is 1.38 bits per heavy atom. The van der Waals surface area contributed by atoms with Crippen molar-refractivity contribution in [2.24, 2.45) is 0 Å². The van der Waals surface area contributed by atoms with Gasteiger partial charge in [-0.1, -0.05) is 18.2 Å². The van der Waals surface area contributed by atoms with E-state index in [0.717, 1.165) is 17.9 Å². The molecule has 2 atom stereocenters. The minimum Gasteiger partial charge on any atom is -0.380 e. The minimum atomic E-state index is -0.360. The molecule has 6 nitrogen and oxygen atoms in total. The second-order valence-electron chi connectivity index (χ2n) is 6.49. The van der Waals surface area contributed by atoms with E-state index in [1.807, 2.05) is 13.0 Å². The predicted molar refractivity (Wildman–Crippen MR) is 96.4 cm³/mol. The van der Waals surface area contributed by atoms with Crippen molar-refractivity contribution >= 4 is 11.7 Å². The van der Waals surface area contributed by atoms with Crippen LogP contribution in [0.5, 0.6) is 0 Å². The number of carbonyl (C=O) groups excluding carboxylic acids is 1. The fourth-order valence-electron chi connectivity index (χ4n) is 3.22. The van der Waals surface area contributed by atoms with Crippen molar-refractivity contribution in [2.45, 2.75) is 31.9 Å². The summed E-state index contributed by atoms with van der Waals surface area (Å²) in [5, 5.41) is 2.91. The molecule has 1 aliphatic heterocycles. The average molecular weight is 358 g/mol. The monoisotopic (exact) mass is 358 g/mol. The van der Waals surface area contributed by atoms with Crippen LogP contribution in [0.2, 0.25) is 0 Å². The molecule has 1 N–H and O–H groups in total. The number of ether oxygens (including phenoxy) is 1. The van der Waals surface area contributed by atoms with Crippen LogP contribution in [0.15, 0.2) is 36.7 Å². The van der Waals surface area contributed by atoms with Gasteiger partial charge in [-0.2, -0.15) is 0 Å². The highest BCUT2D eigenvalue weighted by Crippen LogP contribution is 2.25. The Morgan fingerprint density at radius 3 is 2.92 bits per heavy atom. The van der Waals surface area contributed by atoms with Crippen LogP contribution in [-0.4, -0.2) is 48.2 Å². The third-order valence-electron chi connectivity index (χ3n) is 4.64. The molecule has 1 saturated heterocycles. The van der Waals surface area contributed by atoms with E-state index in [0.29, 0.717) is 18.7 Å². The Hall–Kier alpha value is -2.54. The minimum absolute atomic E-state index is 0.0275. The summed E-state index contributed by atoms with van der Waals surface area (Å²) in [6, 6.07) is 8.32. The third kappa shape index (κ3) is 4.35. The number of amides is 1. The first kappa shape index (κ1) is 18.3. The summed E-state index contributed by atoms with van der Waals surface area (Å²) in [5.74, 6) is 0.265. The SMILES string of the molecule is CO[C@H]1C[C@@H](CNC(=O)Cc2ccccc2F)N(c2cc(C)ncn2)C1. The van der Waals surface area contributed by atoms with Crippen molar-refractivity contribution < 1.29 is 13.9 Å². The van der Waals surface area contributed by atoms with Crippen LogP contribution in [0.1, 0.15) is 17.7 Å². The molecule has 26 heavy (non-hydrogen) atoms. The number of rotatable bonds is 6. The number of hydrogen-bond acceptors (Lipinski definition) is 5. The first-order valence-corrected chi connectivity index (χ1v) is 8.65. The molecule has 1 aromatic heterocycles. The lowest BCUT2D eigenvalue weighted by Gasteiger charge is -2.25. The Labute approximate surface area is 152 Å². The Morgan fingerprint density at radius 2 is 2.19 bits per heavy atom. The maximum absolute atomic E-state index is 13.7. The molecule has 0 radical (unpaired) electrons. The average Bonchev–Trinajstić information content (AvgIpc) is 3.05. The summed E-state index contributed by atoms with van der Waals surface area (Å²) in [6.07, 6.45) is 2.44. The fraction of sp³-hybridized carbons (Fsp3) is 0.421. The standard InChI is InChI=1S/C19H23FN4O2/c1-13-7-18(23-12-22-13)24-11-16(26-2)9-15(24)10-21-19(25)8-14-5-3-4-6-17(14)20/h3-7,12,15-16H,8-11H2,1-2H3,(H,21,25)/t15-,16-/m0/s1. The molecular formula is C19H23FN4O2. The Kier molecular flexibility index (Phi) is 5.78. The topological polar surface area (TPSA) is 67.3 Å². The highest BCUT2D eigenvalue weighted by Gasteiger charge is 2.33. The third-order valence-corrected chi connectivity index (χ3v) is 4.64. The molecule has 0 spiro atoms. The van der Waals surface area contributed by atoms with E-state index in [-0.39, 0.29) is 30.3 Å². The van der Waals surface area contributed by atoms with Crippen LogP contribution in [0.3, 0.4) is 0 Å². The van der Waals surface area contributed by atoms with E-state index in [9.17, 15) is 9.18 Å². The van der Waals surface area contributed by atoms with Gasteiger partial charge in [-0.25, -0.2) is 14.4 Å². The normalized spacial score (nSPS) is 19.6. The number of anilines is 1. The maximum Gasteiger partial charge on any atom is 0.224 e. The lowest BCUT2D eigenvalue weighted by molar-refractivity contribution is -0.120. The van der Waals surface area contributed by atoms with E-state index in [2.05, 4.69) is 20.2 Å². The van der Waals surface area contributed by atoms with Crippen molar-refractivity contribution in [2.75, 3.05) is 25.1 Å². The molecule has 1 amide bonds. The van der Waals surface area contributed by atoms with Gasteiger partial charge >= 0.3 is 0 Å². The first-order chi connectivity index (χ1) is 12.6. The van der Waals surface area contributed by atoms with Gasteiger partial charge in [0.25, 0.3) is 0 Å². The van der Waals surface area contributed by atoms with E-state index in [1.54, 1.807) is 31.6 Å². The van der Waals surface area contributed by atoms with Gasteiger partial charge in [-0.15, -0.1) is 0 Å². The van der Waals surface area contributed by atoms with Gasteiger partial charge < -0.3 is 15.0 Å². The van der Waals surface area contributed by atoms with Crippen molar-refractivity contribution in [1.82, 2.24) is 15.3 Å². The van der Waals surface area contributed by atoms with Crippen molar-refractivity contribution in [3.8, 4) is 0 Å². The summed E-state index contributed by atoms with van der Waals surface area (Å²) in [4.78, 5) is 22.8. The van der Waals surface area contributed by atoms with Crippen LogP contribution in [-0.2, 0) is 16.0 Å². The second-order valence-corrected chi connectivity index (χ2v) is 6.49. The summed E-state index contributed by atoms with van der Waals surface area (Å²) in [5.41, 5.74) is 1.28. The van der Waals surface area contributed by atoms with Crippen molar-refractivity contribution in [3.63, 3.8) is 0 Å². The summed E-state index contributed by atoms with van der Waals surface area (Å²) < 4.78 is 19.2. The number of nitrogens with zero attached hydrogens (tertiary/aromatic N) is 3. The highest BCUT2D eigenvalue weighted by atomic mass is 19.1. The van der Waals surface area contributed by atoms with Gasteiger partial charge in [0.2, 0.25) is 5.91 Å². The molecule has 0 saturated carbocycles. The van der Waals surface area contributed by atoms with E-state index < -0.39 is 0 Å². The highest BCUT2D eigenvalue weighted by molar-refractivity contribution is 5.78. The van der Waals surface area contributed by atoms with Crippen molar-refractivity contribution in [1.29, 1.82) is 0 Å². The number of halogens is 1. The van der Waals surface area contributed by atoms with E-state index in [1.165, 1.54) is 6.07 Å². The number of benzene rings is 1. The number of methoxy groups -OCH3 is 1. The van der Waals surface area contributed by atoms with E-state index >= 15 is 0 Å². The van der Waals surface area contributed by atoms with Crippen LogP contribution in [0.25, 0.3) is 0 Å². The Bertz CT molecular complexity index is 771. The summed E-state index contributed by atoms with van der Waals surface area (Å²) in [7, 11) is 1.69. The molecule has 1 aromatic carbocycles. The van der Waals surface area contributed by atoms with E-state index in [4.69, 9.17) is 4.74 Å². The summed E-state index contributed by atoms with van der Waals surface area (Å²) in [6.45, 7) is 3.08. The molecule has 7 heteroatoms. The van der Waals surface area contributed by atoms with Crippen LogP contribution in [0, 0.1) is 12.7 Å². The maximum atomic E-state index is 13.7. The van der Waals surface area contributed by atoms with Crippen LogP contribution in [0.4, 0.5) is 10.2 Å². The Balaban J connectivity index is 1.63.